The summed E-state index contributed by atoms with van der Waals surface area (Å²) in [5.74, 6) is 1.26. The molecule has 0 bridgehead atoms. The molecule has 178 valence electrons. The van der Waals surface area contributed by atoms with Crippen molar-refractivity contribution in [2.75, 3.05) is 7.11 Å². The number of hydrogen-bond acceptors (Lipinski definition) is 4. The fourth-order valence-corrected chi connectivity index (χ4v) is 4.51. The summed E-state index contributed by atoms with van der Waals surface area (Å²) in [7, 11) is 1.62. The van der Waals surface area contributed by atoms with Crippen molar-refractivity contribution in [3.8, 4) is 17.2 Å². The summed E-state index contributed by atoms with van der Waals surface area (Å²) in [6.45, 7) is 4.61. The lowest BCUT2D eigenvalue weighted by atomic mass is 10.1. The van der Waals surface area contributed by atoms with Gasteiger partial charge in [-0.15, -0.1) is 0 Å². The van der Waals surface area contributed by atoms with Crippen molar-refractivity contribution < 1.29 is 23.4 Å². The minimum absolute atomic E-state index is 0.0415. The van der Waals surface area contributed by atoms with E-state index in [0.717, 1.165) is 28.8 Å². The number of fused-ring (bicyclic) bond motifs is 2. The first-order valence-corrected chi connectivity index (χ1v) is 11.6. The number of methoxy groups -OCH3 is 1. The summed E-state index contributed by atoms with van der Waals surface area (Å²) in [5, 5.41) is 1.26. The number of carbonyl (C=O) groups excluding carboxylic acids is 1. The average Bonchev–Trinajstić information content (AvgIpc) is 3.37. The Hall–Kier alpha value is -3.77. The summed E-state index contributed by atoms with van der Waals surface area (Å²) >= 11 is 6.11. The van der Waals surface area contributed by atoms with E-state index >= 15 is 0 Å². The standard InChI is InChI=1S/C28H23ClFNO4/c1-4-31-14-17(20-13-18(33-3)8-10-24(20)31)12-26-27(32)19-9-11-25(16(2)28(19)35-26)34-15-21-22(29)6-5-7-23(21)30/h5-14H,4,15H2,1-3H3/b26-12+. The predicted molar refractivity (Wildman–Crippen MR) is 134 cm³/mol. The number of benzene rings is 3. The van der Waals surface area contributed by atoms with Crippen molar-refractivity contribution in [1.82, 2.24) is 4.57 Å². The Bertz CT molecular complexity index is 1480. The Balaban J connectivity index is 1.46. The first-order chi connectivity index (χ1) is 16.9. The Morgan fingerprint density at radius 3 is 2.74 bits per heavy atom. The van der Waals surface area contributed by atoms with Crippen LogP contribution in [0.25, 0.3) is 17.0 Å². The van der Waals surface area contributed by atoms with E-state index in [2.05, 4.69) is 11.5 Å². The lowest BCUT2D eigenvalue weighted by Gasteiger charge is -2.12. The zero-order chi connectivity index (χ0) is 24.7. The van der Waals surface area contributed by atoms with Gasteiger partial charge in [-0.1, -0.05) is 17.7 Å². The van der Waals surface area contributed by atoms with Gasteiger partial charge in [0.2, 0.25) is 5.78 Å². The zero-order valence-corrected chi connectivity index (χ0v) is 20.3. The molecule has 1 aliphatic rings. The summed E-state index contributed by atoms with van der Waals surface area (Å²) < 4.78 is 33.5. The summed E-state index contributed by atoms with van der Waals surface area (Å²) in [6, 6.07) is 13.7. The molecule has 35 heavy (non-hydrogen) atoms. The summed E-state index contributed by atoms with van der Waals surface area (Å²) in [5.41, 5.74) is 3.29. The Morgan fingerprint density at radius 1 is 1.17 bits per heavy atom. The molecular weight excluding hydrogens is 469 g/mol. The van der Waals surface area contributed by atoms with E-state index in [0.29, 0.717) is 27.6 Å². The van der Waals surface area contributed by atoms with Crippen LogP contribution in [0.4, 0.5) is 4.39 Å². The maximum atomic E-state index is 14.1. The van der Waals surface area contributed by atoms with Crippen molar-refractivity contribution in [3.63, 3.8) is 0 Å². The lowest BCUT2D eigenvalue weighted by molar-refractivity contribution is 0.101. The number of Topliss-reactive ketones (excluding diaryl/α,β-unsaturated/α-hetero) is 1. The van der Waals surface area contributed by atoms with Crippen LogP contribution in [0.15, 0.2) is 60.5 Å². The van der Waals surface area contributed by atoms with Gasteiger partial charge in [-0.3, -0.25) is 4.79 Å². The average molecular weight is 492 g/mol. The van der Waals surface area contributed by atoms with E-state index in [1.54, 1.807) is 44.4 Å². The van der Waals surface area contributed by atoms with Crippen molar-refractivity contribution in [2.24, 2.45) is 0 Å². The molecule has 2 heterocycles. The highest BCUT2D eigenvalue weighted by molar-refractivity contribution is 6.31. The second kappa shape index (κ2) is 9.12. The fourth-order valence-electron chi connectivity index (χ4n) is 4.29. The number of halogens is 2. The highest BCUT2D eigenvalue weighted by Crippen LogP contribution is 2.40. The monoisotopic (exact) mass is 491 g/mol. The second-order valence-corrected chi connectivity index (χ2v) is 8.65. The molecule has 5 rings (SSSR count). The first-order valence-electron chi connectivity index (χ1n) is 11.2. The Morgan fingerprint density at radius 2 is 2.00 bits per heavy atom. The Labute approximate surface area is 207 Å². The van der Waals surface area contributed by atoms with E-state index in [4.69, 9.17) is 25.8 Å². The lowest BCUT2D eigenvalue weighted by Crippen LogP contribution is -2.01. The molecule has 1 aromatic heterocycles. The van der Waals surface area contributed by atoms with Crippen LogP contribution in [0.3, 0.4) is 0 Å². The van der Waals surface area contributed by atoms with Crippen LogP contribution in [0.1, 0.15) is 34.0 Å². The molecule has 0 saturated carbocycles. The van der Waals surface area contributed by atoms with E-state index < -0.39 is 5.82 Å². The smallest absolute Gasteiger partial charge is 0.231 e. The van der Waals surface area contributed by atoms with Gasteiger partial charge in [0.1, 0.15) is 29.7 Å². The number of ether oxygens (including phenoxy) is 3. The molecule has 4 aromatic rings. The molecule has 0 saturated heterocycles. The minimum Gasteiger partial charge on any atom is -0.497 e. The van der Waals surface area contributed by atoms with E-state index in [1.807, 2.05) is 24.4 Å². The van der Waals surface area contributed by atoms with Gasteiger partial charge in [0.25, 0.3) is 0 Å². The van der Waals surface area contributed by atoms with Gasteiger partial charge in [0.05, 0.1) is 17.7 Å². The molecule has 0 unspecified atom stereocenters. The number of allylic oxidation sites excluding steroid dienone is 1. The van der Waals surface area contributed by atoms with Gasteiger partial charge in [-0.2, -0.15) is 0 Å². The fraction of sp³-hybridized carbons (Fsp3) is 0.179. The normalized spacial score (nSPS) is 13.9. The molecule has 0 fully saturated rings. The highest BCUT2D eigenvalue weighted by Gasteiger charge is 2.30. The minimum atomic E-state index is -0.434. The number of aromatic nitrogens is 1. The second-order valence-electron chi connectivity index (χ2n) is 8.25. The SMILES string of the molecule is CCn1cc(/C=C2/Oc3c(ccc(OCc4c(F)cccc4Cl)c3C)C2=O)c2cc(OC)ccc21. The predicted octanol–water partition coefficient (Wildman–Crippen LogP) is 6.97. The quantitative estimate of drug-likeness (QED) is 0.273. The molecule has 0 amide bonds. The molecule has 0 N–H and O–H groups in total. The number of rotatable bonds is 6. The highest BCUT2D eigenvalue weighted by atomic mass is 35.5. The van der Waals surface area contributed by atoms with Crippen molar-refractivity contribution in [2.45, 2.75) is 27.0 Å². The van der Waals surface area contributed by atoms with Crippen molar-refractivity contribution >= 4 is 34.4 Å². The molecule has 1 aliphatic heterocycles. The number of carbonyl (C=O) groups is 1. The number of aryl methyl sites for hydroxylation is 1. The molecule has 0 spiro atoms. The third kappa shape index (κ3) is 4.04. The maximum Gasteiger partial charge on any atom is 0.231 e. The third-order valence-corrected chi connectivity index (χ3v) is 6.57. The largest absolute Gasteiger partial charge is 0.497 e. The van der Waals surface area contributed by atoms with Crippen LogP contribution in [0.5, 0.6) is 17.2 Å². The van der Waals surface area contributed by atoms with Gasteiger partial charge >= 0.3 is 0 Å². The molecular formula is C28H23ClFNO4. The molecule has 0 radical (unpaired) electrons. The van der Waals surface area contributed by atoms with Gasteiger partial charge in [0, 0.05) is 40.3 Å². The number of nitrogens with zero attached hydrogens (tertiary/aromatic N) is 1. The third-order valence-electron chi connectivity index (χ3n) is 6.22. The van der Waals surface area contributed by atoms with Gasteiger partial charge in [0.15, 0.2) is 5.76 Å². The topological polar surface area (TPSA) is 49.7 Å². The van der Waals surface area contributed by atoms with Crippen LogP contribution in [-0.2, 0) is 13.2 Å². The van der Waals surface area contributed by atoms with E-state index in [-0.39, 0.29) is 23.7 Å². The van der Waals surface area contributed by atoms with Crippen LogP contribution in [0.2, 0.25) is 5.02 Å². The zero-order valence-electron chi connectivity index (χ0n) is 19.5. The Kier molecular flexibility index (Phi) is 5.99. The summed E-state index contributed by atoms with van der Waals surface area (Å²) in [6.07, 6.45) is 3.76. The van der Waals surface area contributed by atoms with Crippen molar-refractivity contribution in [3.05, 3.63) is 93.6 Å². The summed E-state index contributed by atoms with van der Waals surface area (Å²) in [4.78, 5) is 13.1. The van der Waals surface area contributed by atoms with E-state index in [9.17, 15) is 9.18 Å². The molecule has 5 nitrogen and oxygen atoms in total. The molecule has 3 aromatic carbocycles. The molecule has 0 atom stereocenters. The number of ketones is 1. The van der Waals surface area contributed by atoms with Crippen LogP contribution in [0, 0.1) is 12.7 Å². The number of hydrogen-bond donors (Lipinski definition) is 0. The van der Waals surface area contributed by atoms with Crippen molar-refractivity contribution in [1.29, 1.82) is 0 Å². The maximum absolute atomic E-state index is 14.1. The van der Waals surface area contributed by atoms with Gasteiger partial charge in [-0.25, -0.2) is 4.39 Å². The molecule has 0 aliphatic carbocycles. The van der Waals surface area contributed by atoms with Crippen LogP contribution < -0.4 is 14.2 Å². The van der Waals surface area contributed by atoms with Gasteiger partial charge < -0.3 is 18.8 Å². The van der Waals surface area contributed by atoms with E-state index in [1.165, 1.54) is 6.07 Å². The first kappa shape index (κ1) is 23.0. The van der Waals surface area contributed by atoms with Crippen LogP contribution >= 0.6 is 11.6 Å². The molecule has 7 heteroatoms. The van der Waals surface area contributed by atoms with Gasteiger partial charge in [-0.05, 0) is 62.4 Å². The van der Waals surface area contributed by atoms with Crippen LogP contribution in [-0.4, -0.2) is 17.5 Å².